The minimum atomic E-state index is 0.438. The third kappa shape index (κ3) is 3.62. The third-order valence-corrected chi connectivity index (χ3v) is 4.91. The van der Waals surface area contributed by atoms with Gasteiger partial charge in [-0.05, 0) is 30.2 Å². The Hall–Kier alpha value is -4.07. The van der Waals surface area contributed by atoms with Gasteiger partial charge in [0.25, 0.3) is 5.89 Å². The molecule has 0 saturated carbocycles. The van der Waals surface area contributed by atoms with Crippen molar-refractivity contribution >= 4 is 16.6 Å². The van der Waals surface area contributed by atoms with Crippen LogP contribution >= 0.6 is 0 Å². The van der Waals surface area contributed by atoms with Gasteiger partial charge in [0, 0.05) is 55.0 Å². The number of hydrogen-bond donors (Lipinski definition) is 1. The predicted octanol–water partition coefficient (Wildman–Crippen LogP) is 4.05. The maximum absolute atomic E-state index is 5.46. The number of hydrogen-bond acceptors (Lipinski definition) is 7. The second kappa shape index (κ2) is 8.12. The first-order valence-electron chi connectivity index (χ1n) is 9.68. The van der Waals surface area contributed by atoms with Crippen molar-refractivity contribution in [3.05, 3.63) is 74.0 Å². The molecule has 0 saturated heterocycles. The Balaban J connectivity index is 1.52. The molecule has 4 aromatic heterocycles. The van der Waals surface area contributed by atoms with Crippen molar-refractivity contribution in [1.29, 1.82) is 0 Å². The van der Waals surface area contributed by atoms with E-state index in [1.807, 2.05) is 36.9 Å². The molecule has 30 heavy (non-hydrogen) atoms. The second-order valence-corrected chi connectivity index (χ2v) is 6.85. The molecular weight excluding hydrogens is 378 g/mol. The van der Waals surface area contributed by atoms with Gasteiger partial charge < -0.3 is 14.3 Å². The van der Waals surface area contributed by atoms with Crippen LogP contribution in [0.2, 0.25) is 0 Å². The number of anilines is 1. The topological polar surface area (TPSA) is 94.5 Å². The first kappa shape index (κ1) is 18.0. The van der Waals surface area contributed by atoms with Crippen molar-refractivity contribution in [2.45, 2.75) is 13.0 Å². The summed E-state index contributed by atoms with van der Waals surface area (Å²) in [6, 6.07) is 10.2. The van der Waals surface area contributed by atoms with Crippen molar-refractivity contribution in [3.63, 3.8) is 0 Å². The molecule has 0 aliphatic heterocycles. The maximum Gasteiger partial charge on any atom is 0.251 e. The van der Waals surface area contributed by atoms with Crippen LogP contribution in [0, 0.1) is 0 Å². The smallest absolute Gasteiger partial charge is 0.251 e. The van der Waals surface area contributed by atoms with Crippen LogP contribution in [0.1, 0.15) is 6.42 Å². The van der Waals surface area contributed by atoms with E-state index in [1.54, 1.807) is 18.6 Å². The highest BCUT2D eigenvalue weighted by Gasteiger charge is 2.15. The van der Waals surface area contributed by atoms with E-state index < -0.39 is 0 Å². The molecule has 0 unspecified atom stereocenters. The molecule has 5 rings (SSSR count). The summed E-state index contributed by atoms with van der Waals surface area (Å²) in [6.07, 6.45) is 13.2. The number of nitrogens with one attached hydrogen (secondary N) is 1. The first-order chi connectivity index (χ1) is 14.9. The number of fused-ring (bicyclic) bond motifs is 1. The summed E-state index contributed by atoms with van der Waals surface area (Å²) in [7, 11) is 0. The monoisotopic (exact) mass is 397 g/mol. The third-order valence-electron chi connectivity index (χ3n) is 4.91. The van der Waals surface area contributed by atoms with Gasteiger partial charge in [-0.2, -0.15) is 0 Å². The van der Waals surface area contributed by atoms with Crippen LogP contribution < -0.4 is 5.32 Å². The van der Waals surface area contributed by atoms with Crippen LogP contribution in [-0.2, 0) is 6.54 Å². The molecule has 1 aromatic carbocycles. The molecule has 0 aliphatic rings. The Morgan fingerprint density at radius 2 is 2.03 bits per heavy atom. The first-order valence-corrected chi connectivity index (χ1v) is 9.68. The highest BCUT2D eigenvalue weighted by atomic mass is 16.4. The lowest BCUT2D eigenvalue weighted by Gasteiger charge is -2.14. The van der Waals surface area contributed by atoms with Gasteiger partial charge in [0.05, 0.1) is 23.1 Å². The van der Waals surface area contributed by atoms with Crippen molar-refractivity contribution < 1.29 is 4.42 Å². The van der Waals surface area contributed by atoms with Crippen LogP contribution in [-0.4, -0.2) is 36.3 Å². The molecule has 0 fully saturated rings. The van der Waals surface area contributed by atoms with E-state index >= 15 is 0 Å². The number of aromatic nitrogens is 6. The SMILES string of the molecule is c1cncc(-c2ccc3ncc(-c4nnco4)c(NCCCn4ccnc4)c3c2)c1. The Morgan fingerprint density at radius 3 is 2.83 bits per heavy atom. The number of pyridine rings is 2. The maximum atomic E-state index is 5.46. The summed E-state index contributed by atoms with van der Waals surface area (Å²) >= 11 is 0. The lowest BCUT2D eigenvalue weighted by atomic mass is 10.0. The summed E-state index contributed by atoms with van der Waals surface area (Å²) in [5.74, 6) is 0.438. The number of benzene rings is 1. The molecule has 0 amide bonds. The zero-order valence-electron chi connectivity index (χ0n) is 16.1. The van der Waals surface area contributed by atoms with Crippen LogP contribution in [0.4, 0.5) is 5.69 Å². The Morgan fingerprint density at radius 1 is 1.03 bits per heavy atom. The zero-order chi connectivity index (χ0) is 20.2. The van der Waals surface area contributed by atoms with E-state index in [2.05, 4.69) is 47.2 Å². The molecule has 0 bridgehead atoms. The fourth-order valence-electron chi connectivity index (χ4n) is 3.44. The summed E-state index contributed by atoms with van der Waals surface area (Å²) in [4.78, 5) is 12.9. The molecule has 0 atom stereocenters. The second-order valence-electron chi connectivity index (χ2n) is 6.85. The Labute approximate surface area is 172 Å². The van der Waals surface area contributed by atoms with Gasteiger partial charge in [-0.1, -0.05) is 12.1 Å². The molecule has 4 heterocycles. The van der Waals surface area contributed by atoms with Crippen LogP contribution in [0.3, 0.4) is 0 Å². The van der Waals surface area contributed by atoms with Crippen molar-refractivity contribution in [3.8, 4) is 22.6 Å². The molecular formula is C22H19N7O. The minimum Gasteiger partial charge on any atom is -0.423 e. The fraction of sp³-hybridized carbons (Fsp3) is 0.136. The van der Waals surface area contributed by atoms with Gasteiger partial charge in [-0.25, -0.2) is 4.98 Å². The van der Waals surface area contributed by atoms with Gasteiger partial charge in [-0.15, -0.1) is 10.2 Å². The number of aryl methyl sites for hydroxylation is 1. The average molecular weight is 397 g/mol. The van der Waals surface area contributed by atoms with Crippen molar-refractivity contribution in [1.82, 2.24) is 29.7 Å². The quantitative estimate of drug-likeness (QED) is 0.414. The lowest BCUT2D eigenvalue weighted by Crippen LogP contribution is -2.07. The molecule has 8 heteroatoms. The van der Waals surface area contributed by atoms with Gasteiger partial charge in [0.2, 0.25) is 6.39 Å². The van der Waals surface area contributed by atoms with E-state index in [0.717, 1.165) is 52.8 Å². The van der Waals surface area contributed by atoms with E-state index in [9.17, 15) is 0 Å². The van der Waals surface area contributed by atoms with E-state index in [1.165, 1.54) is 6.39 Å². The largest absolute Gasteiger partial charge is 0.423 e. The predicted molar refractivity (Wildman–Crippen MR) is 114 cm³/mol. The fourth-order valence-corrected chi connectivity index (χ4v) is 3.44. The van der Waals surface area contributed by atoms with Crippen LogP contribution in [0.15, 0.2) is 78.5 Å². The Bertz CT molecular complexity index is 1240. The number of rotatable bonds is 7. The van der Waals surface area contributed by atoms with E-state index in [-0.39, 0.29) is 0 Å². The number of imidazole rings is 1. The van der Waals surface area contributed by atoms with Gasteiger partial charge in [0.15, 0.2) is 0 Å². The van der Waals surface area contributed by atoms with E-state index in [4.69, 9.17) is 4.42 Å². The van der Waals surface area contributed by atoms with Gasteiger partial charge in [-0.3, -0.25) is 9.97 Å². The minimum absolute atomic E-state index is 0.438. The molecule has 8 nitrogen and oxygen atoms in total. The molecule has 0 radical (unpaired) electrons. The van der Waals surface area contributed by atoms with Crippen molar-refractivity contribution in [2.75, 3.05) is 11.9 Å². The Kier molecular flexibility index (Phi) is 4.87. The normalized spacial score (nSPS) is 11.1. The zero-order valence-corrected chi connectivity index (χ0v) is 16.1. The van der Waals surface area contributed by atoms with Crippen molar-refractivity contribution in [2.24, 2.45) is 0 Å². The molecule has 0 spiro atoms. The standard InChI is InChI=1S/C22H19N7O/c1-3-17(12-23-6-1)16-4-5-20-18(11-16)21(19(13-26-20)22-28-27-15-30-22)25-7-2-9-29-10-8-24-14-29/h1,3-6,8,10-15H,2,7,9H2,(H,25,26). The molecule has 0 aliphatic carbocycles. The molecule has 5 aromatic rings. The van der Waals surface area contributed by atoms with Crippen LogP contribution in [0.5, 0.6) is 0 Å². The summed E-state index contributed by atoms with van der Waals surface area (Å²) in [6.45, 7) is 1.66. The van der Waals surface area contributed by atoms with Gasteiger partial charge in [0.1, 0.15) is 0 Å². The van der Waals surface area contributed by atoms with E-state index in [0.29, 0.717) is 5.89 Å². The number of nitrogens with zero attached hydrogens (tertiary/aromatic N) is 6. The highest BCUT2D eigenvalue weighted by molar-refractivity contribution is 6.00. The molecule has 148 valence electrons. The van der Waals surface area contributed by atoms with Gasteiger partial charge >= 0.3 is 0 Å². The highest BCUT2D eigenvalue weighted by Crippen LogP contribution is 2.34. The van der Waals surface area contributed by atoms with Crippen LogP contribution in [0.25, 0.3) is 33.5 Å². The molecule has 1 N–H and O–H groups in total. The average Bonchev–Trinajstić information content (AvgIpc) is 3.51. The summed E-state index contributed by atoms with van der Waals surface area (Å²) < 4.78 is 7.53. The summed E-state index contributed by atoms with van der Waals surface area (Å²) in [5, 5.41) is 12.5. The lowest BCUT2D eigenvalue weighted by molar-refractivity contribution is 0.568. The summed E-state index contributed by atoms with van der Waals surface area (Å²) in [5.41, 5.74) is 4.73.